The second-order valence-corrected chi connectivity index (χ2v) is 3.56. The van der Waals surface area contributed by atoms with Crippen LogP contribution in [0.2, 0.25) is 0 Å². The minimum absolute atomic E-state index is 0.0427. The first-order valence-corrected chi connectivity index (χ1v) is 5.40. The zero-order valence-electron chi connectivity index (χ0n) is 9.51. The van der Waals surface area contributed by atoms with Gasteiger partial charge in [0, 0.05) is 19.1 Å². The predicted molar refractivity (Wildman–Crippen MR) is 59.2 cm³/mol. The van der Waals surface area contributed by atoms with Gasteiger partial charge in [0.1, 0.15) is 0 Å². The Balaban J connectivity index is 3.75. The van der Waals surface area contributed by atoms with Gasteiger partial charge in [0.2, 0.25) is 0 Å². The van der Waals surface area contributed by atoms with Crippen LogP contribution in [0.25, 0.3) is 0 Å². The zero-order chi connectivity index (χ0) is 11.7. The van der Waals surface area contributed by atoms with Gasteiger partial charge >= 0.3 is 11.8 Å². The van der Waals surface area contributed by atoms with Crippen LogP contribution in [0.3, 0.4) is 0 Å². The van der Waals surface area contributed by atoms with Gasteiger partial charge in [-0.25, -0.2) is 0 Å². The van der Waals surface area contributed by atoms with E-state index in [1.165, 1.54) is 0 Å². The fraction of sp³-hybridized carbons (Fsp3) is 0.800. The lowest BCUT2D eigenvalue weighted by Gasteiger charge is -2.12. The van der Waals surface area contributed by atoms with Gasteiger partial charge in [0.15, 0.2) is 0 Å². The Morgan fingerprint density at radius 3 is 2.53 bits per heavy atom. The van der Waals surface area contributed by atoms with Gasteiger partial charge in [-0.2, -0.15) is 0 Å². The molecule has 0 heterocycles. The largest absolute Gasteiger partial charge is 0.347 e. The molecule has 0 spiro atoms. The van der Waals surface area contributed by atoms with Gasteiger partial charge in [-0.05, 0) is 13.3 Å². The molecule has 4 N–H and O–H groups in total. The van der Waals surface area contributed by atoms with Crippen LogP contribution < -0.4 is 16.4 Å². The highest BCUT2D eigenvalue weighted by Crippen LogP contribution is 1.98. The normalized spacial score (nSPS) is 11.9. The topological polar surface area (TPSA) is 84.2 Å². The third-order valence-electron chi connectivity index (χ3n) is 2.00. The molecule has 1 atom stereocenters. The molecule has 0 saturated carbocycles. The first kappa shape index (κ1) is 13.9. The van der Waals surface area contributed by atoms with Gasteiger partial charge in [-0.1, -0.05) is 19.8 Å². The highest BCUT2D eigenvalue weighted by atomic mass is 16.2. The fourth-order valence-electron chi connectivity index (χ4n) is 1.14. The van der Waals surface area contributed by atoms with E-state index < -0.39 is 11.8 Å². The number of nitrogens with one attached hydrogen (secondary N) is 2. The van der Waals surface area contributed by atoms with E-state index in [-0.39, 0.29) is 6.04 Å². The SMILES string of the molecule is CCCCC(C)NC(=O)C(=O)NCCN. The number of nitrogens with two attached hydrogens (primary N) is 1. The number of amides is 2. The van der Waals surface area contributed by atoms with Gasteiger partial charge in [-0.3, -0.25) is 9.59 Å². The summed E-state index contributed by atoms with van der Waals surface area (Å²) in [6.45, 7) is 4.65. The third kappa shape index (κ3) is 6.90. The van der Waals surface area contributed by atoms with Crippen LogP contribution in [0.4, 0.5) is 0 Å². The molecule has 0 aromatic rings. The lowest BCUT2D eigenvalue weighted by molar-refractivity contribution is -0.139. The molecule has 0 fully saturated rings. The summed E-state index contributed by atoms with van der Waals surface area (Å²) in [5, 5.41) is 5.05. The van der Waals surface area contributed by atoms with Crippen LogP contribution in [0.1, 0.15) is 33.1 Å². The van der Waals surface area contributed by atoms with Crippen molar-refractivity contribution in [1.29, 1.82) is 0 Å². The molecular formula is C10H21N3O2. The fourth-order valence-corrected chi connectivity index (χ4v) is 1.14. The predicted octanol–water partition coefficient (Wildman–Crippen LogP) is -0.244. The molecule has 0 rings (SSSR count). The first-order chi connectivity index (χ1) is 7.11. The maximum atomic E-state index is 11.3. The van der Waals surface area contributed by atoms with Crippen molar-refractivity contribution in [2.24, 2.45) is 5.73 Å². The van der Waals surface area contributed by atoms with Crippen molar-refractivity contribution in [1.82, 2.24) is 10.6 Å². The van der Waals surface area contributed by atoms with Crippen molar-refractivity contribution in [3.05, 3.63) is 0 Å². The molecule has 5 heteroatoms. The zero-order valence-corrected chi connectivity index (χ0v) is 9.51. The van der Waals surface area contributed by atoms with Gasteiger partial charge in [0.25, 0.3) is 0 Å². The lowest BCUT2D eigenvalue weighted by Crippen LogP contribution is -2.44. The van der Waals surface area contributed by atoms with Crippen molar-refractivity contribution >= 4 is 11.8 Å². The van der Waals surface area contributed by atoms with Gasteiger partial charge in [0.05, 0.1) is 0 Å². The Morgan fingerprint density at radius 2 is 2.00 bits per heavy atom. The van der Waals surface area contributed by atoms with Crippen LogP contribution in [0.15, 0.2) is 0 Å². The summed E-state index contributed by atoms with van der Waals surface area (Å²) in [4.78, 5) is 22.4. The van der Waals surface area contributed by atoms with Crippen LogP contribution >= 0.6 is 0 Å². The molecule has 5 nitrogen and oxygen atoms in total. The quantitative estimate of drug-likeness (QED) is 0.534. The number of hydrogen-bond donors (Lipinski definition) is 3. The number of hydrogen-bond acceptors (Lipinski definition) is 3. The van der Waals surface area contributed by atoms with E-state index in [0.29, 0.717) is 13.1 Å². The molecule has 0 aliphatic rings. The summed E-state index contributed by atoms with van der Waals surface area (Å²) >= 11 is 0. The Bertz CT molecular complexity index is 207. The molecule has 0 radical (unpaired) electrons. The number of carbonyl (C=O) groups is 2. The maximum absolute atomic E-state index is 11.3. The standard InChI is InChI=1S/C10H21N3O2/c1-3-4-5-8(2)13-10(15)9(14)12-7-6-11/h8H,3-7,11H2,1-2H3,(H,12,14)(H,13,15). The van der Waals surface area contributed by atoms with Gasteiger partial charge < -0.3 is 16.4 Å². The third-order valence-corrected chi connectivity index (χ3v) is 2.00. The summed E-state index contributed by atoms with van der Waals surface area (Å²) in [6, 6.07) is 0.0427. The summed E-state index contributed by atoms with van der Waals surface area (Å²) in [5.74, 6) is -1.18. The molecule has 0 aromatic heterocycles. The molecule has 88 valence electrons. The Labute approximate surface area is 90.8 Å². The minimum atomic E-state index is -0.608. The summed E-state index contributed by atoms with van der Waals surface area (Å²) < 4.78 is 0. The van der Waals surface area contributed by atoms with E-state index in [9.17, 15) is 9.59 Å². The molecule has 0 aliphatic heterocycles. The average molecular weight is 215 g/mol. The van der Waals surface area contributed by atoms with Gasteiger partial charge in [-0.15, -0.1) is 0 Å². The van der Waals surface area contributed by atoms with Crippen molar-refractivity contribution < 1.29 is 9.59 Å². The summed E-state index contributed by atoms with van der Waals surface area (Å²) in [7, 11) is 0. The Morgan fingerprint density at radius 1 is 1.33 bits per heavy atom. The lowest BCUT2D eigenvalue weighted by atomic mass is 10.1. The first-order valence-electron chi connectivity index (χ1n) is 5.40. The highest BCUT2D eigenvalue weighted by Gasteiger charge is 2.14. The van der Waals surface area contributed by atoms with Crippen LogP contribution in [-0.4, -0.2) is 30.9 Å². The van der Waals surface area contributed by atoms with E-state index in [2.05, 4.69) is 17.6 Å². The number of rotatable bonds is 6. The molecule has 0 aliphatic carbocycles. The van der Waals surface area contributed by atoms with Crippen molar-refractivity contribution in [2.75, 3.05) is 13.1 Å². The molecule has 1 unspecified atom stereocenters. The summed E-state index contributed by atoms with van der Waals surface area (Å²) in [5.41, 5.74) is 5.20. The van der Waals surface area contributed by atoms with Crippen LogP contribution in [0, 0.1) is 0 Å². The molecule has 15 heavy (non-hydrogen) atoms. The molecule has 0 aromatic carbocycles. The molecule has 0 saturated heterocycles. The van der Waals surface area contributed by atoms with E-state index in [1.54, 1.807) is 0 Å². The smallest absolute Gasteiger partial charge is 0.309 e. The van der Waals surface area contributed by atoms with E-state index >= 15 is 0 Å². The average Bonchev–Trinajstić information content (AvgIpc) is 2.22. The van der Waals surface area contributed by atoms with Crippen molar-refractivity contribution in [2.45, 2.75) is 39.2 Å². The minimum Gasteiger partial charge on any atom is -0.347 e. The second-order valence-electron chi connectivity index (χ2n) is 3.56. The van der Waals surface area contributed by atoms with E-state index in [1.807, 2.05) is 6.92 Å². The summed E-state index contributed by atoms with van der Waals surface area (Å²) in [6.07, 6.45) is 3.03. The van der Waals surface area contributed by atoms with E-state index in [0.717, 1.165) is 19.3 Å². The molecule has 2 amide bonds. The number of carbonyl (C=O) groups excluding carboxylic acids is 2. The van der Waals surface area contributed by atoms with Crippen LogP contribution in [0.5, 0.6) is 0 Å². The highest BCUT2D eigenvalue weighted by molar-refractivity contribution is 6.35. The monoisotopic (exact) mass is 215 g/mol. The Kier molecular flexibility index (Phi) is 7.62. The van der Waals surface area contributed by atoms with Crippen molar-refractivity contribution in [3.63, 3.8) is 0 Å². The van der Waals surface area contributed by atoms with Crippen LogP contribution in [-0.2, 0) is 9.59 Å². The molecule has 0 bridgehead atoms. The molecular weight excluding hydrogens is 194 g/mol. The maximum Gasteiger partial charge on any atom is 0.309 e. The Hall–Kier alpha value is -1.10. The second kappa shape index (κ2) is 8.23. The van der Waals surface area contributed by atoms with Crippen molar-refractivity contribution in [3.8, 4) is 0 Å². The number of unbranched alkanes of at least 4 members (excludes halogenated alkanes) is 1. The van der Waals surface area contributed by atoms with E-state index in [4.69, 9.17) is 5.73 Å².